The minimum atomic E-state index is -0.906. The number of hydrogen-bond acceptors (Lipinski definition) is 2. The number of Topliss-reactive ketones (excluding diaryl/α,β-unsaturated/α-hetero) is 2. The van der Waals surface area contributed by atoms with E-state index in [-0.39, 0.29) is 11.6 Å². The lowest BCUT2D eigenvalue weighted by Crippen LogP contribution is -2.31. The van der Waals surface area contributed by atoms with Gasteiger partial charge in [0.2, 0.25) is 0 Å². The lowest BCUT2D eigenvalue weighted by atomic mass is 9.73. The number of H-pyrrole nitrogens is 1. The van der Waals surface area contributed by atoms with E-state index in [1.165, 1.54) is 0 Å². The molecule has 0 saturated heterocycles. The molecule has 5 aromatic rings. The fourth-order valence-corrected chi connectivity index (χ4v) is 4.55. The van der Waals surface area contributed by atoms with E-state index in [0.717, 1.165) is 22.0 Å². The summed E-state index contributed by atoms with van der Waals surface area (Å²) in [6.45, 7) is 0. The molecule has 0 radical (unpaired) electrons. The molecule has 160 valence electrons. The minimum Gasteiger partial charge on any atom is -0.361 e. The van der Waals surface area contributed by atoms with Crippen molar-refractivity contribution in [3.63, 3.8) is 0 Å². The van der Waals surface area contributed by atoms with Crippen LogP contribution in [0.2, 0.25) is 0 Å². The highest BCUT2D eigenvalue weighted by molar-refractivity contribution is 6.17. The van der Waals surface area contributed by atoms with Crippen molar-refractivity contribution in [3.8, 4) is 0 Å². The topological polar surface area (TPSA) is 49.9 Å². The summed E-state index contributed by atoms with van der Waals surface area (Å²) in [4.78, 5) is 31.3. The Morgan fingerprint density at radius 2 is 1.06 bits per heavy atom. The molecule has 3 nitrogen and oxygen atoms in total. The van der Waals surface area contributed by atoms with Gasteiger partial charge in [0.25, 0.3) is 0 Å². The van der Waals surface area contributed by atoms with Crippen LogP contribution in [-0.2, 0) is 0 Å². The molecule has 3 heteroatoms. The molecule has 0 fully saturated rings. The van der Waals surface area contributed by atoms with E-state index in [0.29, 0.717) is 11.1 Å². The van der Waals surface area contributed by atoms with E-state index in [1.54, 1.807) is 24.3 Å². The van der Waals surface area contributed by atoms with Crippen LogP contribution in [0.25, 0.3) is 10.9 Å². The van der Waals surface area contributed by atoms with Gasteiger partial charge in [0, 0.05) is 34.1 Å². The van der Waals surface area contributed by atoms with Gasteiger partial charge in [-0.05, 0) is 17.2 Å². The first-order chi connectivity index (χ1) is 16.2. The highest BCUT2D eigenvalue weighted by Crippen LogP contribution is 2.39. The Labute approximate surface area is 192 Å². The van der Waals surface area contributed by atoms with Gasteiger partial charge in [-0.25, -0.2) is 0 Å². The van der Waals surface area contributed by atoms with Gasteiger partial charge in [-0.1, -0.05) is 109 Å². The zero-order chi connectivity index (χ0) is 22.6. The first-order valence-corrected chi connectivity index (χ1v) is 11.0. The van der Waals surface area contributed by atoms with Crippen LogP contribution in [-0.4, -0.2) is 16.6 Å². The number of para-hydroxylation sites is 1. The van der Waals surface area contributed by atoms with Crippen molar-refractivity contribution in [1.29, 1.82) is 0 Å². The highest BCUT2D eigenvalue weighted by Gasteiger charge is 2.38. The summed E-state index contributed by atoms with van der Waals surface area (Å²) in [6, 6.07) is 36.1. The number of carbonyl (C=O) groups is 2. The van der Waals surface area contributed by atoms with Crippen molar-refractivity contribution in [2.24, 2.45) is 5.92 Å². The van der Waals surface area contributed by atoms with Crippen LogP contribution in [0, 0.1) is 5.92 Å². The zero-order valence-electron chi connectivity index (χ0n) is 18.0. The number of ketones is 2. The van der Waals surface area contributed by atoms with Crippen molar-refractivity contribution in [2.45, 2.75) is 5.92 Å². The van der Waals surface area contributed by atoms with Gasteiger partial charge >= 0.3 is 0 Å². The van der Waals surface area contributed by atoms with Crippen LogP contribution >= 0.6 is 0 Å². The summed E-state index contributed by atoms with van der Waals surface area (Å²) in [7, 11) is 0. The standard InChI is InChI=1S/C30H23NO2/c32-29(22-14-6-2-7-15-22)28(30(33)23-16-8-3-9-17-23)27(21-12-4-1-5-13-21)25-20-31-26-19-11-10-18-24(25)26/h1-20,27-28,31H. The first kappa shape index (κ1) is 20.7. The molecular weight excluding hydrogens is 406 g/mol. The van der Waals surface area contributed by atoms with E-state index in [9.17, 15) is 9.59 Å². The van der Waals surface area contributed by atoms with Crippen LogP contribution in [0.5, 0.6) is 0 Å². The Morgan fingerprint density at radius 1 is 0.576 bits per heavy atom. The molecule has 1 aromatic heterocycles. The van der Waals surface area contributed by atoms with E-state index in [4.69, 9.17) is 0 Å². The van der Waals surface area contributed by atoms with Crippen LogP contribution in [0.15, 0.2) is 121 Å². The number of aromatic amines is 1. The van der Waals surface area contributed by atoms with Gasteiger partial charge in [-0.3, -0.25) is 9.59 Å². The Hall–Kier alpha value is -4.24. The van der Waals surface area contributed by atoms with Gasteiger partial charge < -0.3 is 4.98 Å². The Kier molecular flexibility index (Phi) is 5.69. The summed E-state index contributed by atoms with van der Waals surface area (Å²) in [5.41, 5.74) is 3.92. The van der Waals surface area contributed by atoms with Crippen LogP contribution < -0.4 is 0 Å². The second-order valence-corrected chi connectivity index (χ2v) is 8.12. The molecule has 1 N–H and O–H groups in total. The van der Waals surface area contributed by atoms with Gasteiger partial charge in [-0.15, -0.1) is 0 Å². The molecule has 33 heavy (non-hydrogen) atoms. The molecule has 1 unspecified atom stereocenters. The molecule has 0 aliphatic rings. The Balaban J connectivity index is 1.74. The number of benzene rings is 4. The van der Waals surface area contributed by atoms with Crippen molar-refractivity contribution in [2.75, 3.05) is 0 Å². The van der Waals surface area contributed by atoms with Crippen molar-refractivity contribution < 1.29 is 9.59 Å². The maximum Gasteiger partial charge on any atom is 0.174 e. The van der Waals surface area contributed by atoms with Crippen LogP contribution in [0.1, 0.15) is 37.8 Å². The van der Waals surface area contributed by atoms with Gasteiger partial charge in [0.1, 0.15) is 0 Å². The quantitative estimate of drug-likeness (QED) is 0.232. The monoisotopic (exact) mass is 429 g/mol. The SMILES string of the molecule is O=C(c1ccccc1)C(C(=O)c1ccccc1)C(c1ccccc1)c1c[nH]c2ccccc12. The first-order valence-electron chi connectivity index (χ1n) is 11.0. The molecule has 0 aliphatic heterocycles. The molecule has 0 bridgehead atoms. The van der Waals surface area contributed by atoms with E-state index in [2.05, 4.69) is 4.98 Å². The fourth-order valence-electron chi connectivity index (χ4n) is 4.55. The third-order valence-corrected chi connectivity index (χ3v) is 6.13. The van der Waals surface area contributed by atoms with Crippen molar-refractivity contribution in [3.05, 3.63) is 144 Å². The van der Waals surface area contributed by atoms with E-state index in [1.807, 2.05) is 97.2 Å². The molecule has 1 atom stereocenters. The molecule has 5 rings (SSSR count). The van der Waals surface area contributed by atoms with Crippen molar-refractivity contribution in [1.82, 2.24) is 4.98 Å². The number of fused-ring (bicyclic) bond motifs is 1. The lowest BCUT2D eigenvalue weighted by Gasteiger charge is -2.26. The fraction of sp³-hybridized carbons (Fsp3) is 0.0667. The molecule has 4 aromatic carbocycles. The predicted molar refractivity (Wildman–Crippen MR) is 132 cm³/mol. The number of nitrogens with one attached hydrogen (secondary N) is 1. The average Bonchev–Trinajstić information content (AvgIpc) is 3.32. The van der Waals surface area contributed by atoms with Gasteiger partial charge in [0.05, 0.1) is 5.92 Å². The van der Waals surface area contributed by atoms with Gasteiger partial charge in [0.15, 0.2) is 11.6 Å². The number of aromatic nitrogens is 1. The lowest BCUT2D eigenvalue weighted by molar-refractivity contribution is 0.0793. The maximum absolute atomic E-state index is 14.0. The molecule has 0 amide bonds. The second-order valence-electron chi connectivity index (χ2n) is 8.12. The number of hydrogen-bond donors (Lipinski definition) is 1. The number of carbonyl (C=O) groups excluding carboxylic acids is 2. The van der Waals surface area contributed by atoms with E-state index >= 15 is 0 Å². The summed E-state index contributed by atoms with van der Waals surface area (Å²) in [5, 5.41) is 1.01. The van der Waals surface area contributed by atoms with Gasteiger partial charge in [-0.2, -0.15) is 0 Å². The molecule has 0 spiro atoms. The van der Waals surface area contributed by atoms with Crippen molar-refractivity contribution >= 4 is 22.5 Å². The maximum atomic E-state index is 14.0. The average molecular weight is 430 g/mol. The van der Waals surface area contributed by atoms with E-state index < -0.39 is 11.8 Å². The molecular formula is C30H23NO2. The highest BCUT2D eigenvalue weighted by atomic mass is 16.2. The minimum absolute atomic E-state index is 0.177. The Bertz CT molecular complexity index is 1340. The smallest absolute Gasteiger partial charge is 0.174 e. The molecule has 0 aliphatic carbocycles. The third kappa shape index (κ3) is 4.01. The second kappa shape index (κ2) is 9.09. The summed E-state index contributed by atoms with van der Waals surface area (Å²) >= 11 is 0. The summed E-state index contributed by atoms with van der Waals surface area (Å²) < 4.78 is 0. The van der Waals surface area contributed by atoms with Crippen LogP contribution in [0.4, 0.5) is 0 Å². The zero-order valence-corrected chi connectivity index (χ0v) is 18.0. The third-order valence-electron chi connectivity index (χ3n) is 6.13. The molecule has 0 saturated carbocycles. The number of rotatable bonds is 7. The normalized spacial score (nSPS) is 12.0. The Morgan fingerprint density at radius 3 is 1.64 bits per heavy atom. The molecule has 1 heterocycles. The summed E-state index contributed by atoms with van der Waals surface area (Å²) in [6.07, 6.45) is 1.94. The summed E-state index contributed by atoms with van der Waals surface area (Å²) in [5.74, 6) is -1.70. The largest absolute Gasteiger partial charge is 0.361 e. The van der Waals surface area contributed by atoms with Crippen LogP contribution in [0.3, 0.4) is 0 Å². The predicted octanol–water partition coefficient (Wildman–Crippen LogP) is 6.68.